The molecule has 6 heteroatoms. The standard InChI is InChI=1S/C33H32O4S2/c1-6-37-33(36)31(29(34)16-23-12-9-11-22-10-7-8-13-24(22)23)28-17-27(25-14-18(2)38-20(25)4)30(32(28)35)26-15-19(3)39-21(26)5/h7-15,28,31H,6,16-17H2,1-5H3. The van der Waals surface area contributed by atoms with E-state index in [9.17, 15) is 14.4 Å². The number of benzene rings is 2. The minimum atomic E-state index is -1.16. The number of ketones is 2. The molecule has 0 saturated carbocycles. The number of carbonyl (C=O) groups excluding carboxylic acids is 3. The van der Waals surface area contributed by atoms with Crippen molar-refractivity contribution in [3.8, 4) is 0 Å². The molecule has 2 aromatic carbocycles. The Balaban J connectivity index is 1.58. The van der Waals surface area contributed by atoms with Gasteiger partial charge >= 0.3 is 5.97 Å². The summed E-state index contributed by atoms with van der Waals surface area (Å²) in [6.45, 7) is 10.1. The Labute approximate surface area is 237 Å². The number of rotatable bonds is 8. The van der Waals surface area contributed by atoms with Crippen molar-refractivity contribution in [2.24, 2.45) is 11.8 Å². The summed E-state index contributed by atoms with van der Waals surface area (Å²) in [6.07, 6.45) is 0.400. The first-order valence-electron chi connectivity index (χ1n) is 13.3. The van der Waals surface area contributed by atoms with Crippen LogP contribution in [-0.2, 0) is 25.5 Å². The van der Waals surface area contributed by atoms with Gasteiger partial charge in [-0.05, 0) is 86.2 Å². The third-order valence-electron chi connectivity index (χ3n) is 7.52. The molecule has 4 aromatic rings. The average molecular weight is 557 g/mol. The lowest BCUT2D eigenvalue weighted by atomic mass is 9.81. The molecule has 1 aliphatic carbocycles. The number of aryl methyl sites for hydroxylation is 4. The van der Waals surface area contributed by atoms with E-state index in [1.165, 1.54) is 0 Å². The summed E-state index contributed by atoms with van der Waals surface area (Å²) >= 11 is 3.35. The van der Waals surface area contributed by atoms with Crippen molar-refractivity contribution in [1.29, 1.82) is 0 Å². The van der Waals surface area contributed by atoms with Gasteiger partial charge in [-0.1, -0.05) is 42.5 Å². The zero-order valence-electron chi connectivity index (χ0n) is 22.9. The molecule has 2 unspecified atom stereocenters. The summed E-state index contributed by atoms with van der Waals surface area (Å²) in [6, 6.07) is 17.9. The normalized spacial score (nSPS) is 16.2. The highest BCUT2D eigenvalue weighted by molar-refractivity contribution is 7.12. The van der Waals surface area contributed by atoms with Gasteiger partial charge in [0.25, 0.3) is 0 Å². The van der Waals surface area contributed by atoms with E-state index in [0.717, 1.165) is 52.5 Å². The maximum absolute atomic E-state index is 14.3. The molecule has 1 aliphatic rings. The van der Waals surface area contributed by atoms with Gasteiger partial charge in [0.1, 0.15) is 5.92 Å². The van der Waals surface area contributed by atoms with E-state index < -0.39 is 17.8 Å². The number of hydrogen-bond acceptors (Lipinski definition) is 6. The van der Waals surface area contributed by atoms with Crippen LogP contribution in [0.3, 0.4) is 0 Å². The molecule has 0 N–H and O–H groups in total. The first kappa shape index (κ1) is 27.2. The molecule has 0 fully saturated rings. The Morgan fingerprint density at radius 3 is 2.21 bits per heavy atom. The van der Waals surface area contributed by atoms with Crippen LogP contribution in [0.1, 0.15) is 49.5 Å². The monoisotopic (exact) mass is 556 g/mol. The van der Waals surface area contributed by atoms with Crippen LogP contribution in [0, 0.1) is 39.5 Å². The Kier molecular flexibility index (Phi) is 7.70. The summed E-state index contributed by atoms with van der Waals surface area (Å²) in [5.41, 5.74) is 4.37. The second-order valence-corrected chi connectivity index (χ2v) is 13.1. The maximum Gasteiger partial charge on any atom is 0.317 e. The van der Waals surface area contributed by atoms with Gasteiger partial charge in [0.2, 0.25) is 0 Å². The van der Waals surface area contributed by atoms with Crippen LogP contribution in [0.25, 0.3) is 21.9 Å². The third-order valence-corrected chi connectivity index (χ3v) is 9.45. The number of carbonyl (C=O) groups is 3. The number of Topliss-reactive ketones (excluding diaryl/α,β-unsaturated/α-hetero) is 2. The number of ether oxygens (including phenoxy) is 1. The first-order chi connectivity index (χ1) is 18.7. The summed E-state index contributed by atoms with van der Waals surface area (Å²) in [5.74, 6) is -2.99. The second-order valence-electron chi connectivity index (χ2n) is 10.2. The Hall–Kier alpha value is -3.35. The summed E-state index contributed by atoms with van der Waals surface area (Å²) < 4.78 is 5.42. The smallest absolute Gasteiger partial charge is 0.317 e. The molecular weight excluding hydrogens is 524 g/mol. The van der Waals surface area contributed by atoms with E-state index in [2.05, 4.69) is 26.0 Å². The number of fused-ring (bicyclic) bond motifs is 1. The van der Waals surface area contributed by atoms with Crippen molar-refractivity contribution in [2.75, 3.05) is 6.61 Å². The predicted molar refractivity (Wildman–Crippen MR) is 160 cm³/mol. The highest BCUT2D eigenvalue weighted by Crippen LogP contribution is 2.48. The van der Waals surface area contributed by atoms with Crippen LogP contribution in [0.15, 0.2) is 54.6 Å². The first-order valence-corrected chi connectivity index (χ1v) is 14.9. The van der Waals surface area contributed by atoms with Crippen molar-refractivity contribution in [2.45, 2.75) is 47.5 Å². The van der Waals surface area contributed by atoms with Gasteiger partial charge in [-0.3, -0.25) is 14.4 Å². The van der Waals surface area contributed by atoms with Crippen molar-refractivity contribution in [1.82, 2.24) is 0 Å². The SMILES string of the molecule is CCOC(=O)C(C(=O)Cc1cccc2ccccc12)C1CC(c2cc(C)sc2C)=C(c2cc(C)sc2C)C1=O. The topological polar surface area (TPSA) is 60.4 Å². The molecule has 2 heterocycles. The molecule has 0 bridgehead atoms. The number of allylic oxidation sites excluding steroid dienone is 2. The van der Waals surface area contributed by atoms with Crippen molar-refractivity contribution < 1.29 is 19.1 Å². The predicted octanol–water partition coefficient (Wildman–Crippen LogP) is 7.69. The third kappa shape index (κ3) is 5.15. The molecule has 0 spiro atoms. The van der Waals surface area contributed by atoms with Crippen molar-refractivity contribution in [3.05, 3.63) is 90.8 Å². The molecular formula is C33H32O4S2. The quantitative estimate of drug-likeness (QED) is 0.165. The molecule has 0 radical (unpaired) electrons. The summed E-state index contributed by atoms with van der Waals surface area (Å²) in [4.78, 5) is 46.1. The Bertz CT molecular complexity index is 1630. The average Bonchev–Trinajstić information content (AvgIpc) is 3.52. The largest absolute Gasteiger partial charge is 0.465 e. The van der Waals surface area contributed by atoms with Crippen LogP contribution in [0.5, 0.6) is 0 Å². The maximum atomic E-state index is 14.3. The van der Waals surface area contributed by atoms with E-state index in [1.807, 2.05) is 56.3 Å². The zero-order valence-corrected chi connectivity index (χ0v) is 24.6. The van der Waals surface area contributed by atoms with E-state index in [1.54, 1.807) is 29.6 Å². The fourth-order valence-electron chi connectivity index (χ4n) is 5.86. The molecule has 2 aromatic heterocycles. The highest BCUT2D eigenvalue weighted by Gasteiger charge is 2.46. The minimum Gasteiger partial charge on any atom is -0.465 e. The van der Waals surface area contributed by atoms with E-state index in [-0.39, 0.29) is 24.6 Å². The van der Waals surface area contributed by atoms with Gasteiger partial charge in [-0.25, -0.2) is 0 Å². The van der Waals surface area contributed by atoms with Crippen LogP contribution in [0.4, 0.5) is 0 Å². The molecule has 5 rings (SSSR count). The second kappa shape index (κ2) is 11.0. The fourth-order valence-corrected chi connectivity index (χ4v) is 7.75. The zero-order chi connectivity index (χ0) is 27.8. The highest BCUT2D eigenvalue weighted by atomic mass is 32.1. The Morgan fingerprint density at radius 1 is 0.923 bits per heavy atom. The molecule has 4 nitrogen and oxygen atoms in total. The van der Waals surface area contributed by atoms with Gasteiger partial charge in [0.15, 0.2) is 11.6 Å². The number of thiophene rings is 2. The van der Waals surface area contributed by atoms with Gasteiger partial charge < -0.3 is 4.74 Å². The van der Waals surface area contributed by atoms with Gasteiger partial charge in [-0.15, -0.1) is 22.7 Å². The lowest BCUT2D eigenvalue weighted by molar-refractivity contribution is -0.155. The van der Waals surface area contributed by atoms with Crippen LogP contribution < -0.4 is 0 Å². The Morgan fingerprint density at radius 2 is 1.56 bits per heavy atom. The van der Waals surface area contributed by atoms with Crippen molar-refractivity contribution >= 4 is 62.1 Å². The van der Waals surface area contributed by atoms with Gasteiger partial charge in [0.05, 0.1) is 6.61 Å². The summed E-state index contributed by atoms with van der Waals surface area (Å²) in [7, 11) is 0. The molecule has 200 valence electrons. The molecule has 39 heavy (non-hydrogen) atoms. The number of hydrogen-bond donors (Lipinski definition) is 0. The lowest BCUT2D eigenvalue weighted by Gasteiger charge is -2.21. The van der Waals surface area contributed by atoms with E-state index in [4.69, 9.17) is 4.74 Å². The lowest BCUT2D eigenvalue weighted by Crippen LogP contribution is -2.36. The molecule has 0 saturated heterocycles. The number of esters is 1. The van der Waals surface area contributed by atoms with Crippen LogP contribution in [0.2, 0.25) is 0 Å². The molecule has 2 atom stereocenters. The van der Waals surface area contributed by atoms with E-state index in [0.29, 0.717) is 12.0 Å². The van der Waals surface area contributed by atoms with Gasteiger partial charge in [0, 0.05) is 37.4 Å². The van der Waals surface area contributed by atoms with Crippen molar-refractivity contribution in [3.63, 3.8) is 0 Å². The van der Waals surface area contributed by atoms with E-state index >= 15 is 0 Å². The molecule has 0 amide bonds. The fraction of sp³-hybridized carbons (Fsp3) is 0.303. The summed E-state index contributed by atoms with van der Waals surface area (Å²) in [5, 5.41) is 2.01. The minimum absolute atomic E-state index is 0.0620. The van der Waals surface area contributed by atoms with Gasteiger partial charge in [-0.2, -0.15) is 0 Å². The molecule has 0 aliphatic heterocycles. The van der Waals surface area contributed by atoms with Crippen LogP contribution in [-0.4, -0.2) is 24.1 Å². The van der Waals surface area contributed by atoms with Crippen LogP contribution >= 0.6 is 22.7 Å².